The number of hydrogen-bond donors (Lipinski definition) is 1. The molecule has 0 bridgehead atoms. The lowest BCUT2D eigenvalue weighted by Crippen LogP contribution is -2.37. The summed E-state index contributed by atoms with van der Waals surface area (Å²) in [7, 11) is 1.45. The topological polar surface area (TPSA) is 108 Å². The van der Waals surface area contributed by atoms with E-state index in [0.717, 1.165) is 161 Å². The Morgan fingerprint density at radius 2 is 0.574 bits per heavy atom. The van der Waals surface area contributed by atoms with Crippen LogP contribution in [-0.2, 0) is 32.7 Å². The van der Waals surface area contributed by atoms with E-state index in [2.05, 4.69) is 208 Å². The van der Waals surface area contributed by atoms with Gasteiger partial charge in [0.15, 0.2) is 6.10 Å². The third-order valence-corrected chi connectivity index (χ3v) is 16.1. The Balaban J connectivity index is 4.12. The van der Waals surface area contributed by atoms with Crippen LogP contribution in [0.3, 0.4) is 0 Å². The summed E-state index contributed by atoms with van der Waals surface area (Å²) in [5, 5.41) is 0. The number of allylic oxidation sites excluding steroid dienone is 32. The van der Waals surface area contributed by atoms with Gasteiger partial charge in [-0.3, -0.25) is 18.6 Å². The summed E-state index contributed by atoms with van der Waals surface area (Å²) >= 11 is 0. The normalized spacial score (nSPS) is 14.2. The van der Waals surface area contributed by atoms with Crippen LogP contribution in [0.25, 0.3) is 0 Å². The second-order valence-corrected chi connectivity index (χ2v) is 26.7. The average Bonchev–Trinajstić information content (AvgIpc) is 1.56. The quantitative estimate of drug-likeness (QED) is 0.0211. The van der Waals surface area contributed by atoms with Gasteiger partial charge < -0.3 is 18.9 Å². The van der Waals surface area contributed by atoms with Crippen molar-refractivity contribution >= 4 is 19.8 Å². The minimum absolute atomic E-state index is 0.0205. The fraction of sp³-hybridized carbons (Fsp3) is 0.595. The van der Waals surface area contributed by atoms with Gasteiger partial charge in [0.2, 0.25) is 0 Å². The molecule has 1 N–H and O–H groups in total. The Hall–Kier alpha value is -5.15. The van der Waals surface area contributed by atoms with Gasteiger partial charge in [0, 0.05) is 12.8 Å². The average molecular weight is 1320 g/mol. The molecule has 0 amide bonds. The molecule has 0 heterocycles. The summed E-state index contributed by atoms with van der Waals surface area (Å²) in [5.41, 5.74) is 0. The van der Waals surface area contributed by atoms with Crippen molar-refractivity contribution in [2.45, 2.75) is 277 Å². The number of ether oxygens (including phenoxy) is 2. The Labute approximate surface area is 577 Å². The van der Waals surface area contributed by atoms with Crippen molar-refractivity contribution in [2.75, 3.05) is 47.5 Å². The van der Waals surface area contributed by atoms with Gasteiger partial charge in [-0.2, -0.15) is 0 Å². The molecule has 9 nitrogen and oxygen atoms in total. The minimum Gasteiger partial charge on any atom is -0.462 e. The van der Waals surface area contributed by atoms with E-state index >= 15 is 0 Å². The molecule has 0 saturated heterocycles. The molecular formula is C84H137NO8P+. The number of likely N-dealkylation sites (N-methyl/N-ethyl adjacent to an activating group) is 1. The molecule has 0 aromatic rings. The van der Waals surface area contributed by atoms with E-state index in [1.165, 1.54) is 77.0 Å². The zero-order valence-electron chi connectivity index (χ0n) is 60.4. The van der Waals surface area contributed by atoms with Crippen LogP contribution in [0.1, 0.15) is 271 Å². The molecule has 94 heavy (non-hydrogen) atoms. The zero-order valence-corrected chi connectivity index (χ0v) is 61.3. The largest absolute Gasteiger partial charge is 0.472 e. The summed E-state index contributed by atoms with van der Waals surface area (Å²) in [5.74, 6) is -0.817. The lowest BCUT2D eigenvalue weighted by Gasteiger charge is -2.24. The highest BCUT2D eigenvalue weighted by Gasteiger charge is 2.27. The first kappa shape index (κ1) is 88.8. The van der Waals surface area contributed by atoms with E-state index in [1.54, 1.807) is 0 Å². The van der Waals surface area contributed by atoms with Crippen LogP contribution in [0, 0.1) is 0 Å². The molecule has 0 spiro atoms. The monoisotopic (exact) mass is 1320 g/mol. The Kier molecular flexibility index (Phi) is 68.2. The van der Waals surface area contributed by atoms with Crippen molar-refractivity contribution in [1.82, 2.24) is 0 Å². The second kappa shape index (κ2) is 72.1. The Bertz CT molecular complexity index is 2290. The third kappa shape index (κ3) is 75.9. The van der Waals surface area contributed by atoms with Crippen molar-refractivity contribution in [3.05, 3.63) is 194 Å². The zero-order chi connectivity index (χ0) is 68.3. The van der Waals surface area contributed by atoms with Crippen molar-refractivity contribution < 1.29 is 42.1 Å². The maximum atomic E-state index is 12.9. The molecule has 0 saturated carbocycles. The van der Waals surface area contributed by atoms with Crippen molar-refractivity contribution in [3.63, 3.8) is 0 Å². The molecule has 530 valence electrons. The molecule has 0 rings (SSSR count). The highest BCUT2D eigenvalue weighted by molar-refractivity contribution is 7.47. The number of esters is 2. The summed E-state index contributed by atoms with van der Waals surface area (Å²) in [4.78, 5) is 35.9. The minimum atomic E-state index is -4.41. The first-order chi connectivity index (χ1) is 46.0. The number of nitrogens with zero attached hydrogens (tertiary/aromatic N) is 1. The second-order valence-electron chi connectivity index (χ2n) is 25.2. The fourth-order valence-corrected chi connectivity index (χ4v) is 10.3. The van der Waals surface area contributed by atoms with Crippen LogP contribution in [0.15, 0.2) is 194 Å². The first-order valence-corrected chi connectivity index (χ1v) is 38.7. The Morgan fingerprint density at radius 3 is 0.851 bits per heavy atom. The number of unbranched alkanes of at least 4 members (excludes halogenated alkanes) is 20. The van der Waals surface area contributed by atoms with Gasteiger partial charge in [-0.25, -0.2) is 4.57 Å². The van der Waals surface area contributed by atoms with Crippen LogP contribution >= 0.6 is 7.82 Å². The van der Waals surface area contributed by atoms with Gasteiger partial charge in [0.25, 0.3) is 0 Å². The molecule has 2 atom stereocenters. The number of quaternary nitrogens is 1. The van der Waals surface area contributed by atoms with E-state index < -0.39 is 26.5 Å². The maximum absolute atomic E-state index is 12.9. The highest BCUT2D eigenvalue weighted by Crippen LogP contribution is 2.43. The number of phosphoric ester groups is 1. The molecule has 0 aliphatic heterocycles. The Morgan fingerprint density at radius 1 is 0.330 bits per heavy atom. The van der Waals surface area contributed by atoms with E-state index in [0.29, 0.717) is 17.4 Å². The molecule has 0 aliphatic carbocycles. The number of carbonyl (C=O) groups excluding carboxylic acids is 2. The summed E-state index contributed by atoms with van der Waals surface area (Å²) in [6.07, 6.45) is 112. The summed E-state index contributed by atoms with van der Waals surface area (Å²) < 4.78 is 34.7. The van der Waals surface area contributed by atoms with Crippen LogP contribution in [0.4, 0.5) is 0 Å². The van der Waals surface area contributed by atoms with E-state index in [4.69, 9.17) is 18.5 Å². The lowest BCUT2D eigenvalue weighted by atomic mass is 10.0. The van der Waals surface area contributed by atoms with Crippen molar-refractivity contribution in [1.29, 1.82) is 0 Å². The SMILES string of the molecule is CC/C=C\C/C=C\C/C=C\C/C=C\C/C=C\C/C=C\C/C=C\C/C=C\C/C=C\CCCCCCCCCCCCCC(=O)OC(COC(=O)CCCCCCCCCCC/C=C\C/C=C\C/C=C\C/C=C\C/C=C\C/C=C\C/C=C\CC)COP(=O)(O)OCC[N+](C)(C)C. The van der Waals surface area contributed by atoms with Crippen LogP contribution in [0.2, 0.25) is 0 Å². The smallest absolute Gasteiger partial charge is 0.462 e. The number of carbonyl (C=O) groups is 2. The van der Waals surface area contributed by atoms with Gasteiger partial charge in [-0.15, -0.1) is 0 Å². The molecule has 0 radical (unpaired) electrons. The van der Waals surface area contributed by atoms with E-state index in [-0.39, 0.29) is 32.0 Å². The van der Waals surface area contributed by atoms with E-state index in [9.17, 15) is 19.0 Å². The van der Waals surface area contributed by atoms with Crippen molar-refractivity contribution in [3.8, 4) is 0 Å². The van der Waals surface area contributed by atoms with Gasteiger partial charge in [0.05, 0.1) is 27.7 Å². The van der Waals surface area contributed by atoms with E-state index in [1.807, 2.05) is 21.1 Å². The number of rotatable bonds is 66. The molecule has 0 aromatic carbocycles. The standard InChI is InChI=1S/C84H136NO8P/c1-6-8-10-12-14-16-18-20-22-24-26-28-30-32-34-36-38-39-40-41-42-43-44-45-47-49-51-53-55-57-59-61-63-65-67-69-71-73-75-77-84(87)93-82(81-92-94(88,89)91-79-78-85(3,4)5)80-90-83(86)76-74-72-70-68-66-64-62-60-58-56-54-52-50-48-46-37-35-33-31-29-27-25-23-21-19-17-15-13-11-9-7-2/h8-11,14-17,20-23,26-29,32-35,38-39,41-42,44-46,48-49,51-52,54,82H,6-7,12-13,18-19,24-25,30-31,36-37,40,43,47,50,53,55-81H2,1-5H3/p+1/b10-8-,11-9-,16-14-,17-15-,22-20-,23-21-,28-26-,29-27-,34-32-,35-33-,39-38-,42-41-,45-44-,48-46-,51-49-,54-52-. The van der Waals surface area contributed by atoms with Gasteiger partial charge >= 0.3 is 19.8 Å². The van der Waals surface area contributed by atoms with Gasteiger partial charge in [-0.05, 0) is 141 Å². The molecule has 10 heteroatoms. The third-order valence-electron chi connectivity index (χ3n) is 15.1. The molecular weight excluding hydrogens is 1180 g/mol. The van der Waals surface area contributed by atoms with Crippen molar-refractivity contribution in [2.24, 2.45) is 0 Å². The summed E-state index contributed by atoms with van der Waals surface area (Å²) in [6, 6.07) is 0. The fourth-order valence-electron chi connectivity index (χ4n) is 9.52. The molecule has 0 fully saturated rings. The summed E-state index contributed by atoms with van der Waals surface area (Å²) in [6.45, 7) is 4.18. The number of hydrogen-bond acceptors (Lipinski definition) is 7. The first-order valence-electron chi connectivity index (χ1n) is 37.2. The highest BCUT2D eigenvalue weighted by atomic mass is 31.2. The maximum Gasteiger partial charge on any atom is 0.472 e. The van der Waals surface area contributed by atoms with Crippen LogP contribution in [0.5, 0.6) is 0 Å². The predicted molar refractivity (Wildman–Crippen MR) is 408 cm³/mol. The molecule has 0 aliphatic rings. The molecule has 2 unspecified atom stereocenters. The predicted octanol–water partition coefficient (Wildman–Crippen LogP) is 24.8. The lowest BCUT2D eigenvalue weighted by molar-refractivity contribution is -0.870. The van der Waals surface area contributed by atoms with Crippen LogP contribution < -0.4 is 0 Å². The van der Waals surface area contributed by atoms with Gasteiger partial charge in [-0.1, -0.05) is 311 Å². The molecule has 0 aromatic heterocycles. The van der Waals surface area contributed by atoms with Gasteiger partial charge in [0.1, 0.15) is 19.8 Å². The van der Waals surface area contributed by atoms with Crippen LogP contribution in [-0.4, -0.2) is 74.9 Å². The number of phosphoric acid groups is 1.